The fraction of sp³-hybridized carbons (Fsp3) is 0.208. The van der Waals surface area contributed by atoms with Gasteiger partial charge in [-0.3, -0.25) is 0 Å². The Balaban J connectivity index is 1.31. The fourth-order valence-corrected chi connectivity index (χ4v) is 3.38. The number of hydrogen-bond donors (Lipinski definition) is 2. The zero-order valence-electron chi connectivity index (χ0n) is 16.4. The van der Waals surface area contributed by atoms with Crippen LogP contribution in [0.5, 0.6) is 11.5 Å². The van der Waals surface area contributed by atoms with E-state index in [-0.39, 0.29) is 0 Å². The number of rotatable bonds is 8. The lowest BCUT2D eigenvalue weighted by Crippen LogP contribution is -2.40. The molecule has 5 heteroatoms. The molecule has 0 amide bonds. The zero-order valence-corrected chi connectivity index (χ0v) is 16.4. The Morgan fingerprint density at radius 1 is 0.931 bits per heavy atom. The summed E-state index contributed by atoms with van der Waals surface area (Å²) in [7, 11) is 0. The van der Waals surface area contributed by atoms with E-state index in [0.29, 0.717) is 5.96 Å². The summed E-state index contributed by atoms with van der Waals surface area (Å²) in [6, 6.07) is 26.2. The monoisotopic (exact) mass is 386 g/mol. The number of benzene rings is 3. The average Bonchev–Trinajstić information content (AvgIpc) is 2.75. The average molecular weight is 386 g/mol. The van der Waals surface area contributed by atoms with Crippen molar-refractivity contribution < 1.29 is 4.74 Å². The lowest BCUT2D eigenvalue weighted by molar-refractivity contribution is 0.388. The summed E-state index contributed by atoms with van der Waals surface area (Å²) in [6.45, 7) is 3.42. The van der Waals surface area contributed by atoms with Crippen LogP contribution >= 0.6 is 0 Å². The van der Waals surface area contributed by atoms with Crippen LogP contribution in [-0.2, 0) is 13.1 Å². The van der Waals surface area contributed by atoms with Gasteiger partial charge in [-0.1, -0.05) is 48.5 Å². The van der Waals surface area contributed by atoms with Crippen LogP contribution in [-0.4, -0.2) is 23.9 Å². The lowest BCUT2D eigenvalue weighted by atomic mass is 10.1. The van der Waals surface area contributed by atoms with Crippen LogP contribution in [0.3, 0.4) is 0 Å². The predicted molar refractivity (Wildman–Crippen MR) is 117 cm³/mol. The molecule has 0 saturated carbocycles. The molecule has 1 aliphatic rings. The van der Waals surface area contributed by atoms with E-state index in [1.54, 1.807) is 0 Å². The second-order valence-electron chi connectivity index (χ2n) is 7.11. The van der Waals surface area contributed by atoms with Crippen LogP contribution in [0.15, 0.2) is 83.9 Å². The Bertz CT molecular complexity index is 957. The Labute approximate surface area is 171 Å². The highest BCUT2D eigenvalue weighted by atomic mass is 16.5. The number of aliphatic imine (C=N–C) groups is 1. The molecular formula is C24H26N4O. The summed E-state index contributed by atoms with van der Waals surface area (Å²) in [5, 5.41) is 3.48. The van der Waals surface area contributed by atoms with Gasteiger partial charge in [0.1, 0.15) is 11.5 Å². The molecule has 1 heterocycles. The highest BCUT2D eigenvalue weighted by Gasteiger charge is 2.18. The summed E-state index contributed by atoms with van der Waals surface area (Å²) in [5.74, 6) is 2.22. The van der Waals surface area contributed by atoms with Crippen LogP contribution in [0.25, 0.3) is 0 Å². The van der Waals surface area contributed by atoms with Gasteiger partial charge in [-0.05, 0) is 48.9 Å². The Morgan fingerprint density at radius 2 is 1.69 bits per heavy atom. The standard InChI is InChI=1S/C24H26N4O/c25-24-27-23-13-12-22(29-21-10-5-2-6-11-21)16-20(23)18-28(24)15-7-14-26-17-19-8-3-1-4-9-19/h1-6,8-13,16,26H,7,14-15,17-18H2,(H2,25,27). The van der Waals surface area contributed by atoms with E-state index in [1.807, 2.05) is 48.5 Å². The van der Waals surface area contributed by atoms with E-state index in [1.165, 1.54) is 5.56 Å². The Hall–Kier alpha value is -3.31. The molecule has 0 spiro atoms. The first kappa shape index (κ1) is 19.0. The molecular weight excluding hydrogens is 360 g/mol. The van der Waals surface area contributed by atoms with Crippen molar-refractivity contribution in [2.75, 3.05) is 13.1 Å². The molecule has 5 nitrogen and oxygen atoms in total. The van der Waals surface area contributed by atoms with Crippen LogP contribution in [0.2, 0.25) is 0 Å². The van der Waals surface area contributed by atoms with Crippen molar-refractivity contribution in [3.63, 3.8) is 0 Å². The SMILES string of the molecule is NC1=Nc2ccc(Oc3ccccc3)cc2CN1CCCNCc1ccccc1. The molecule has 3 aromatic carbocycles. The molecule has 0 fully saturated rings. The van der Waals surface area contributed by atoms with Crippen LogP contribution in [0.1, 0.15) is 17.5 Å². The molecule has 148 valence electrons. The molecule has 0 aromatic heterocycles. The van der Waals surface area contributed by atoms with Crippen molar-refractivity contribution in [3.05, 3.63) is 90.0 Å². The van der Waals surface area contributed by atoms with Crippen molar-refractivity contribution in [3.8, 4) is 11.5 Å². The topological polar surface area (TPSA) is 62.9 Å². The van der Waals surface area contributed by atoms with Gasteiger partial charge in [-0.2, -0.15) is 0 Å². The first-order chi connectivity index (χ1) is 14.3. The van der Waals surface area contributed by atoms with E-state index in [4.69, 9.17) is 10.5 Å². The second-order valence-corrected chi connectivity index (χ2v) is 7.11. The fourth-order valence-electron chi connectivity index (χ4n) is 3.38. The number of fused-ring (bicyclic) bond motifs is 1. The minimum Gasteiger partial charge on any atom is -0.457 e. The van der Waals surface area contributed by atoms with Gasteiger partial charge in [0.05, 0.1) is 5.69 Å². The van der Waals surface area contributed by atoms with Gasteiger partial charge in [0.15, 0.2) is 5.96 Å². The Kier molecular flexibility index (Phi) is 6.07. The molecule has 3 N–H and O–H groups in total. The van der Waals surface area contributed by atoms with E-state index in [9.17, 15) is 0 Å². The minimum atomic E-state index is 0.581. The first-order valence-electron chi connectivity index (χ1n) is 9.97. The van der Waals surface area contributed by atoms with Gasteiger partial charge < -0.3 is 20.7 Å². The van der Waals surface area contributed by atoms with Gasteiger partial charge in [0, 0.05) is 25.2 Å². The quantitative estimate of drug-likeness (QED) is 0.563. The maximum absolute atomic E-state index is 6.19. The normalized spacial score (nSPS) is 13.0. The summed E-state index contributed by atoms with van der Waals surface area (Å²) in [4.78, 5) is 6.69. The molecule has 3 aromatic rings. The van der Waals surface area contributed by atoms with Gasteiger partial charge >= 0.3 is 0 Å². The zero-order chi connectivity index (χ0) is 19.9. The summed E-state index contributed by atoms with van der Waals surface area (Å²) in [5.41, 5.74) is 9.53. The highest BCUT2D eigenvalue weighted by molar-refractivity contribution is 5.83. The molecule has 0 saturated heterocycles. The molecule has 1 aliphatic heterocycles. The number of guanidine groups is 1. The van der Waals surface area contributed by atoms with Crippen molar-refractivity contribution >= 4 is 11.6 Å². The van der Waals surface area contributed by atoms with Crippen molar-refractivity contribution in [1.82, 2.24) is 10.2 Å². The van der Waals surface area contributed by atoms with Crippen LogP contribution in [0, 0.1) is 0 Å². The number of nitrogens with zero attached hydrogens (tertiary/aromatic N) is 2. The number of nitrogens with one attached hydrogen (secondary N) is 1. The molecule has 4 rings (SSSR count). The van der Waals surface area contributed by atoms with E-state index in [0.717, 1.165) is 55.3 Å². The molecule has 0 radical (unpaired) electrons. The number of ether oxygens (including phenoxy) is 1. The van der Waals surface area contributed by atoms with E-state index in [2.05, 4.69) is 45.5 Å². The lowest BCUT2D eigenvalue weighted by Gasteiger charge is -2.28. The second kappa shape index (κ2) is 9.26. The van der Waals surface area contributed by atoms with Crippen molar-refractivity contribution in [2.24, 2.45) is 10.7 Å². The van der Waals surface area contributed by atoms with Gasteiger partial charge in [0.2, 0.25) is 0 Å². The minimum absolute atomic E-state index is 0.581. The molecule has 29 heavy (non-hydrogen) atoms. The molecule has 0 aliphatic carbocycles. The number of para-hydroxylation sites is 1. The van der Waals surface area contributed by atoms with E-state index < -0.39 is 0 Å². The van der Waals surface area contributed by atoms with Crippen LogP contribution < -0.4 is 15.8 Å². The number of nitrogens with two attached hydrogens (primary N) is 1. The molecule has 0 atom stereocenters. The summed E-state index contributed by atoms with van der Waals surface area (Å²) in [6.07, 6.45) is 0.999. The molecule has 0 unspecified atom stereocenters. The van der Waals surface area contributed by atoms with E-state index >= 15 is 0 Å². The maximum Gasteiger partial charge on any atom is 0.196 e. The van der Waals surface area contributed by atoms with Crippen LogP contribution in [0.4, 0.5) is 5.69 Å². The number of hydrogen-bond acceptors (Lipinski definition) is 5. The van der Waals surface area contributed by atoms with Crippen molar-refractivity contribution in [1.29, 1.82) is 0 Å². The maximum atomic E-state index is 6.19. The van der Waals surface area contributed by atoms with Gasteiger partial charge in [-0.15, -0.1) is 0 Å². The van der Waals surface area contributed by atoms with Gasteiger partial charge in [0.25, 0.3) is 0 Å². The predicted octanol–water partition coefficient (Wildman–Crippen LogP) is 4.42. The third-order valence-electron chi connectivity index (χ3n) is 4.90. The molecule has 0 bridgehead atoms. The highest BCUT2D eigenvalue weighted by Crippen LogP contribution is 2.31. The third kappa shape index (κ3) is 5.15. The summed E-state index contributed by atoms with van der Waals surface area (Å²) >= 11 is 0. The first-order valence-corrected chi connectivity index (χ1v) is 9.97. The largest absolute Gasteiger partial charge is 0.457 e. The van der Waals surface area contributed by atoms with Gasteiger partial charge in [-0.25, -0.2) is 4.99 Å². The smallest absolute Gasteiger partial charge is 0.196 e. The summed E-state index contributed by atoms with van der Waals surface area (Å²) < 4.78 is 5.95. The third-order valence-corrected chi connectivity index (χ3v) is 4.90. The van der Waals surface area contributed by atoms with Crippen molar-refractivity contribution in [2.45, 2.75) is 19.5 Å². The Morgan fingerprint density at radius 3 is 2.48 bits per heavy atom.